The van der Waals surface area contributed by atoms with Gasteiger partial charge in [0.15, 0.2) is 6.29 Å². The SMILES string of the molecule is C/C=C(\C)NC=Nc1c(C=O)sc2nccc(N(C)C)c12.C=CC. The van der Waals surface area contributed by atoms with Gasteiger partial charge in [0, 0.05) is 26.0 Å². The van der Waals surface area contributed by atoms with Crippen molar-refractivity contribution in [3.05, 3.63) is 41.6 Å². The molecule has 0 bridgehead atoms. The Morgan fingerprint density at radius 3 is 2.62 bits per heavy atom. The number of carbonyl (C=O) groups excluding carboxylic acids is 1. The lowest BCUT2D eigenvalue weighted by atomic mass is 10.2. The number of pyridine rings is 1. The zero-order chi connectivity index (χ0) is 18.1. The molecule has 2 heterocycles. The Kier molecular flexibility index (Phi) is 7.85. The van der Waals surface area contributed by atoms with Crippen LogP contribution in [-0.4, -0.2) is 31.7 Å². The van der Waals surface area contributed by atoms with Gasteiger partial charge in [-0.05, 0) is 26.8 Å². The van der Waals surface area contributed by atoms with Gasteiger partial charge in [0.25, 0.3) is 0 Å². The number of hydrogen-bond donors (Lipinski definition) is 1. The average molecular weight is 344 g/mol. The molecule has 0 aliphatic heterocycles. The Hall–Kier alpha value is -2.47. The van der Waals surface area contributed by atoms with E-state index in [0.717, 1.165) is 27.9 Å². The molecule has 0 aromatic carbocycles. The van der Waals surface area contributed by atoms with E-state index >= 15 is 0 Å². The number of aliphatic imine (C=N–C) groups is 1. The van der Waals surface area contributed by atoms with Gasteiger partial charge in [-0.2, -0.15) is 0 Å². The lowest BCUT2D eigenvalue weighted by molar-refractivity contribution is 0.112. The molecule has 0 aliphatic carbocycles. The van der Waals surface area contributed by atoms with E-state index < -0.39 is 0 Å². The van der Waals surface area contributed by atoms with Gasteiger partial charge in [-0.25, -0.2) is 9.98 Å². The van der Waals surface area contributed by atoms with E-state index in [1.54, 1.807) is 18.6 Å². The summed E-state index contributed by atoms with van der Waals surface area (Å²) in [4.78, 5) is 23.5. The highest BCUT2D eigenvalue weighted by Crippen LogP contribution is 2.40. The number of aromatic nitrogens is 1. The number of thiophene rings is 1. The van der Waals surface area contributed by atoms with Crippen LogP contribution < -0.4 is 10.2 Å². The molecular weight excluding hydrogens is 320 g/mol. The Balaban J connectivity index is 0.000000891. The van der Waals surface area contributed by atoms with Crippen molar-refractivity contribution in [3.63, 3.8) is 0 Å². The maximum absolute atomic E-state index is 11.3. The van der Waals surface area contributed by atoms with Crippen molar-refractivity contribution in [2.45, 2.75) is 20.8 Å². The first-order chi connectivity index (χ1) is 11.5. The summed E-state index contributed by atoms with van der Waals surface area (Å²) >= 11 is 1.36. The van der Waals surface area contributed by atoms with Crippen molar-refractivity contribution in [1.29, 1.82) is 0 Å². The predicted octanol–water partition coefficient (Wildman–Crippen LogP) is 4.54. The first-order valence-electron chi connectivity index (χ1n) is 7.53. The fraction of sp³-hybridized carbons (Fsp3) is 0.278. The van der Waals surface area contributed by atoms with Crippen molar-refractivity contribution < 1.29 is 4.79 Å². The van der Waals surface area contributed by atoms with Crippen molar-refractivity contribution in [2.75, 3.05) is 19.0 Å². The van der Waals surface area contributed by atoms with Crippen molar-refractivity contribution in [3.8, 4) is 0 Å². The van der Waals surface area contributed by atoms with Crippen molar-refractivity contribution in [2.24, 2.45) is 4.99 Å². The molecule has 1 N–H and O–H groups in total. The largest absolute Gasteiger partial charge is 0.377 e. The molecule has 24 heavy (non-hydrogen) atoms. The van der Waals surface area contributed by atoms with Crippen LogP contribution in [0.15, 0.2) is 41.7 Å². The number of rotatable bonds is 5. The second kappa shape index (κ2) is 9.62. The normalized spacial score (nSPS) is 11.1. The highest BCUT2D eigenvalue weighted by molar-refractivity contribution is 7.21. The lowest BCUT2D eigenvalue weighted by Gasteiger charge is -2.13. The molecule has 5 nitrogen and oxygen atoms in total. The van der Waals surface area contributed by atoms with Gasteiger partial charge in [-0.15, -0.1) is 17.9 Å². The molecule has 6 heteroatoms. The number of anilines is 1. The summed E-state index contributed by atoms with van der Waals surface area (Å²) in [5, 5.41) is 3.97. The predicted molar refractivity (Wildman–Crippen MR) is 106 cm³/mol. The fourth-order valence-electron chi connectivity index (χ4n) is 1.87. The summed E-state index contributed by atoms with van der Waals surface area (Å²) in [5.74, 6) is 0. The number of nitrogens with one attached hydrogen (secondary N) is 1. The number of aldehydes is 1. The summed E-state index contributed by atoms with van der Waals surface area (Å²) in [6, 6.07) is 1.92. The third-order valence-corrected chi connectivity index (χ3v) is 4.09. The van der Waals surface area contributed by atoms with Gasteiger partial charge in [-0.3, -0.25) is 4.79 Å². The Morgan fingerprint density at radius 2 is 2.08 bits per heavy atom. The Morgan fingerprint density at radius 1 is 1.42 bits per heavy atom. The summed E-state index contributed by atoms with van der Waals surface area (Å²) < 4.78 is 0. The summed E-state index contributed by atoms with van der Waals surface area (Å²) in [5.41, 5.74) is 2.66. The van der Waals surface area contributed by atoms with E-state index in [-0.39, 0.29) is 0 Å². The molecular formula is C18H24N4OS. The highest BCUT2D eigenvalue weighted by Gasteiger charge is 2.16. The van der Waals surface area contributed by atoms with Gasteiger partial charge in [0.1, 0.15) is 4.83 Å². The molecule has 2 aromatic heterocycles. The van der Waals surface area contributed by atoms with Crippen LogP contribution in [0.4, 0.5) is 11.4 Å². The van der Waals surface area contributed by atoms with E-state index in [2.05, 4.69) is 21.9 Å². The quantitative estimate of drug-likeness (QED) is 0.374. The van der Waals surface area contributed by atoms with Crippen molar-refractivity contribution in [1.82, 2.24) is 10.3 Å². The molecule has 0 aliphatic rings. The Bertz CT molecular complexity index is 760. The van der Waals surface area contributed by atoms with Crippen LogP contribution in [0.1, 0.15) is 30.4 Å². The molecule has 0 unspecified atom stereocenters. The lowest BCUT2D eigenvalue weighted by Crippen LogP contribution is -2.09. The van der Waals surface area contributed by atoms with Gasteiger partial charge in [0.05, 0.1) is 28.0 Å². The van der Waals surface area contributed by atoms with Crippen LogP contribution in [-0.2, 0) is 0 Å². The number of nitrogens with zero attached hydrogens (tertiary/aromatic N) is 3. The third kappa shape index (κ3) is 4.76. The minimum Gasteiger partial charge on any atom is -0.377 e. The third-order valence-electron chi connectivity index (χ3n) is 3.08. The van der Waals surface area contributed by atoms with Crippen LogP contribution in [0, 0.1) is 0 Å². The number of hydrogen-bond acceptors (Lipinski definition) is 5. The minimum atomic E-state index is 0.586. The standard InChI is InChI=1S/C15H18N4OS.C3H6/c1-5-10(2)17-9-18-14-12(8-20)21-15-13(14)11(19(3)4)6-7-16-15;1-3-2/h5-9H,1-4H3,(H,17,18);3H,1H2,2H3/b10-5+;. The van der Waals surface area contributed by atoms with Gasteiger partial charge in [-0.1, -0.05) is 12.2 Å². The van der Waals surface area contributed by atoms with Crippen LogP contribution in [0.2, 0.25) is 0 Å². The maximum Gasteiger partial charge on any atom is 0.162 e. The highest BCUT2D eigenvalue weighted by atomic mass is 32.1. The minimum absolute atomic E-state index is 0.586. The molecule has 2 aromatic rings. The van der Waals surface area contributed by atoms with Gasteiger partial charge >= 0.3 is 0 Å². The smallest absolute Gasteiger partial charge is 0.162 e. The number of fused-ring (bicyclic) bond motifs is 1. The van der Waals surface area contributed by atoms with Crippen LogP contribution >= 0.6 is 11.3 Å². The summed E-state index contributed by atoms with van der Waals surface area (Å²) in [6.07, 6.45) is 7.89. The van der Waals surface area contributed by atoms with E-state index in [1.807, 2.05) is 51.9 Å². The topological polar surface area (TPSA) is 57.6 Å². The van der Waals surface area contributed by atoms with E-state index in [0.29, 0.717) is 10.6 Å². The number of allylic oxidation sites excluding steroid dienone is 3. The molecule has 128 valence electrons. The molecule has 0 amide bonds. The molecule has 0 saturated carbocycles. The molecule has 2 rings (SSSR count). The summed E-state index contributed by atoms with van der Waals surface area (Å²) in [7, 11) is 3.92. The van der Waals surface area contributed by atoms with Crippen LogP contribution in [0.3, 0.4) is 0 Å². The molecule has 0 saturated heterocycles. The van der Waals surface area contributed by atoms with E-state index in [1.165, 1.54) is 11.3 Å². The molecule has 0 spiro atoms. The first-order valence-corrected chi connectivity index (χ1v) is 8.34. The zero-order valence-corrected chi connectivity index (χ0v) is 15.6. The van der Waals surface area contributed by atoms with Crippen LogP contribution in [0.25, 0.3) is 10.2 Å². The average Bonchev–Trinajstić information content (AvgIpc) is 2.93. The van der Waals surface area contributed by atoms with Crippen LogP contribution in [0.5, 0.6) is 0 Å². The molecule has 0 fully saturated rings. The zero-order valence-electron chi connectivity index (χ0n) is 14.8. The van der Waals surface area contributed by atoms with Gasteiger partial charge < -0.3 is 10.2 Å². The second-order valence-corrected chi connectivity index (χ2v) is 6.15. The maximum atomic E-state index is 11.3. The fourth-order valence-corrected chi connectivity index (χ4v) is 2.80. The van der Waals surface area contributed by atoms with E-state index in [9.17, 15) is 4.79 Å². The monoisotopic (exact) mass is 344 g/mol. The van der Waals surface area contributed by atoms with Crippen molar-refractivity contribution >= 4 is 45.6 Å². The number of carbonyl (C=O) groups is 1. The first kappa shape index (κ1) is 19.6. The molecule has 0 atom stereocenters. The van der Waals surface area contributed by atoms with E-state index in [4.69, 9.17) is 0 Å². The summed E-state index contributed by atoms with van der Waals surface area (Å²) in [6.45, 7) is 9.15. The second-order valence-electron chi connectivity index (χ2n) is 5.12. The Labute approximate surface area is 147 Å². The van der Waals surface area contributed by atoms with Gasteiger partial charge in [0.2, 0.25) is 0 Å². The molecule has 0 radical (unpaired) electrons.